The van der Waals surface area contributed by atoms with Crippen LogP contribution < -0.4 is 5.32 Å². The van der Waals surface area contributed by atoms with Crippen LogP contribution in [-0.2, 0) is 11.2 Å². The van der Waals surface area contributed by atoms with Gasteiger partial charge in [-0.2, -0.15) is 4.98 Å². The Morgan fingerprint density at radius 3 is 2.72 bits per heavy atom. The summed E-state index contributed by atoms with van der Waals surface area (Å²) in [6.07, 6.45) is 0.156. The molecular formula is C19H18FN3O2. The van der Waals surface area contributed by atoms with E-state index in [-0.39, 0.29) is 18.1 Å². The van der Waals surface area contributed by atoms with Gasteiger partial charge in [0.05, 0.1) is 6.42 Å². The number of benzene rings is 2. The van der Waals surface area contributed by atoms with E-state index in [9.17, 15) is 9.18 Å². The molecule has 0 saturated carbocycles. The van der Waals surface area contributed by atoms with E-state index < -0.39 is 6.04 Å². The second-order valence-corrected chi connectivity index (χ2v) is 5.92. The molecule has 1 heterocycles. The lowest BCUT2D eigenvalue weighted by Gasteiger charge is -2.09. The highest BCUT2D eigenvalue weighted by molar-refractivity contribution is 5.78. The summed E-state index contributed by atoms with van der Waals surface area (Å²) in [7, 11) is 0. The van der Waals surface area contributed by atoms with E-state index in [4.69, 9.17) is 4.52 Å². The van der Waals surface area contributed by atoms with Crippen molar-refractivity contribution >= 4 is 5.91 Å². The fourth-order valence-corrected chi connectivity index (χ4v) is 2.45. The van der Waals surface area contributed by atoms with Crippen molar-refractivity contribution in [2.24, 2.45) is 0 Å². The number of nitrogens with zero attached hydrogens (tertiary/aromatic N) is 2. The second-order valence-electron chi connectivity index (χ2n) is 5.92. The zero-order valence-electron chi connectivity index (χ0n) is 14.0. The lowest BCUT2D eigenvalue weighted by Crippen LogP contribution is -2.28. The number of hydrogen-bond donors (Lipinski definition) is 1. The van der Waals surface area contributed by atoms with E-state index in [1.807, 2.05) is 31.2 Å². The van der Waals surface area contributed by atoms with Gasteiger partial charge in [-0.15, -0.1) is 0 Å². The lowest BCUT2D eigenvalue weighted by atomic mass is 10.1. The fourth-order valence-electron chi connectivity index (χ4n) is 2.45. The van der Waals surface area contributed by atoms with Crippen molar-refractivity contribution in [2.45, 2.75) is 26.3 Å². The lowest BCUT2D eigenvalue weighted by molar-refractivity contribution is -0.121. The third-order valence-electron chi connectivity index (χ3n) is 3.74. The molecule has 5 nitrogen and oxygen atoms in total. The van der Waals surface area contributed by atoms with Crippen molar-refractivity contribution in [3.8, 4) is 11.4 Å². The first-order valence-corrected chi connectivity index (χ1v) is 7.96. The van der Waals surface area contributed by atoms with Gasteiger partial charge in [-0.1, -0.05) is 41.1 Å². The number of amides is 1. The molecule has 2 aromatic carbocycles. The molecule has 0 saturated heterocycles. The van der Waals surface area contributed by atoms with Crippen LogP contribution >= 0.6 is 0 Å². The molecule has 1 amide bonds. The molecule has 0 aliphatic carbocycles. The quantitative estimate of drug-likeness (QED) is 0.771. The van der Waals surface area contributed by atoms with Crippen molar-refractivity contribution < 1.29 is 13.7 Å². The van der Waals surface area contributed by atoms with Gasteiger partial charge in [0.15, 0.2) is 0 Å². The first-order chi connectivity index (χ1) is 12.0. The SMILES string of the molecule is Cc1cccc(-c2noc(C(C)NC(=O)Cc3ccc(F)cc3)n2)c1. The molecule has 3 rings (SSSR count). The van der Waals surface area contributed by atoms with Crippen LogP contribution in [0.1, 0.15) is 30.0 Å². The number of nitrogens with one attached hydrogen (secondary N) is 1. The molecule has 0 bridgehead atoms. The number of halogens is 1. The first kappa shape index (κ1) is 16.8. The number of hydrogen-bond acceptors (Lipinski definition) is 4. The molecule has 1 N–H and O–H groups in total. The smallest absolute Gasteiger partial charge is 0.249 e. The molecule has 0 aliphatic heterocycles. The van der Waals surface area contributed by atoms with Gasteiger partial charge in [0, 0.05) is 5.56 Å². The highest BCUT2D eigenvalue weighted by Gasteiger charge is 2.17. The number of carbonyl (C=O) groups excluding carboxylic acids is 1. The summed E-state index contributed by atoms with van der Waals surface area (Å²) >= 11 is 0. The molecule has 0 aliphatic rings. The molecule has 25 heavy (non-hydrogen) atoms. The van der Waals surface area contributed by atoms with Crippen molar-refractivity contribution in [2.75, 3.05) is 0 Å². The summed E-state index contributed by atoms with van der Waals surface area (Å²) in [5.41, 5.74) is 2.70. The van der Waals surface area contributed by atoms with Gasteiger partial charge in [0.2, 0.25) is 17.6 Å². The van der Waals surface area contributed by atoms with Crippen molar-refractivity contribution in [3.63, 3.8) is 0 Å². The molecule has 0 spiro atoms. The maximum Gasteiger partial charge on any atom is 0.249 e. The largest absolute Gasteiger partial charge is 0.344 e. The van der Waals surface area contributed by atoms with Gasteiger partial charge in [-0.05, 0) is 37.6 Å². The number of carbonyl (C=O) groups is 1. The van der Waals surface area contributed by atoms with E-state index >= 15 is 0 Å². The average molecular weight is 339 g/mol. The molecule has 6 heteroatoms. The maximum absolute atomic E-state index is 12.9. The number of aryl methyl sites for hydroxylation is 1. The summed E-state index contributed by atoms with van der Waals surface area (Å²) < 4.78 is 18.2. The Bertz CT molecular complexity index is 874. The van der Waals surface area contributed by atoms with Crippen molar-refractivity contribution in [1.82, 2.24) is 15.5 Å². The standard InChI is InChI=1S/C19H18FN3O2/c1-12-4-3-5-15(10-12)18-22-19(25-23-18)13(2)21-17(24)11-14-6-8-16(20)9-7-14/h3-10,13H,11H2,1-2H3,(H,21,24). The topological polar surface area (TPSA) is 68.0 Å². The summed E-state index contributed by atoms with van der Waals surface area (Å²) in [6, 6.07) is 13.2. The third-order valence-corrected chi connectivity index (χ3v) is 3.74. The Balaban J connectivity index is 1.64. The molecule has 1 atom stereocenters. The predicted octanol–water partition coefficient (Wildman–Crippen LogP) is 3.60. The molecule has 0 radical (unpaired) electrons. The van der Waals surface area contributed by atoms with E-state index in [1.54, 1.807) is 19.1 Å². The van der Waals surface area contributed by atoms with Crippen LogP contribution in [0, 0.1) is 12.7 Å². The average Bonchev–Trinajstić information content (AvgIpc) is 3.07. The van der Waals surface area contributed by atoms with Gasteiger partial charge in [0.1, 0.15) is 11.9 Å². The summed E-state index contributed by atoms with van der Waals surface area (Å²) in [5.74, 6) is 0.295. The Labute approximate surface area is 144 Å². The molecule has 1 unspecified atom stereocenters. The molecule has 1 aromatic heterocycles. The monoisotopic (exact) mass is 339 g/mol. The second kappa shape index (κ2) is 7.25. The van der Waals surface area contributed by atoms with Crippen LogP contribution in [0.2, 0.25) is 0 Å². The fraction of sp³-hybridized carbons (Fsp3) is 0.211. The van der Waals surface area contributed by atoms with E-state index in [0.29, 0.717) is 11.7 Å². The van der Waals surface area contributed by atoms with Gasteiger partial charge >= 0.3 is 0 Å². The zero-order chi connectivity index (χ0) is 17.8. The first-order valence-electron chi connectivity index (χ1n) is 7.96. The molecule has 3 aromatic rings. The Morgan fingerprint density at radius 2 is 2.00 bits per heavy atom. The van der Waals surface area contributed by atoms with Crippen LogP contribution in [-0.4, -0.2) is 16.0 Å². The van der Waals surface area contributed by atoms with Crippen LogP contribution in [0.4, 0.5) is 4.39 Å². The van der Waals surface area contributed by atoms with E-state index in [2.05, 4.69) is 15.5 Å². The minimum Gasteiger partial charge on any atom is -0.344 e. The summed E-state index contributed by atoms with van der Waals surface area (Å²) in [6.45, 7) is 3.76. The summed E-state index contributed by atoms with van der Waals surface area (Å²) in [4.78, 5) is 16.5. The van der Waals surface area contributed by atoms with Crippen LogP contribution in [0.3, 0.4) is 0 Å². The van der Waals surface area contributed by atoms with Crippen LogP contribution in [0.15, 0.2) is 53.1 Å². The van der Waals surface area contributed by atoms with Gasteiger partial charge < -0.3 is 9.84 Å². The minimum absolute atomic E-state index is 0.156. The Morgan fingerprint density at radius 1 is 1.24 bits per heavy atom. The van der Waals surface area contributed by atoms with Crippen LogP contribution in [0.25, 0.3) is 11.4 Å². The van der Waals surface area contributed by atoms with Crippen LogP contribution in [0.5, 0.6) is 0 Å². The van der Waals surface area contributed by atoms with Crippen molar-refractivity contribution in [3.05, 3.63) is 71.4 Å². The highest BCUT2D eigenvalue weighted by Crippen LogP contribution is 2.19. The summed E-state index contributed by atoms with van der Waals surface area (Å²) in [5, 5.41) is 6.78. The Kier molecular flexibility index (Phi) is 4.88. The minimum atomic E-state index is -0.418. The number of rotatable bonds is 5. The molecular weight excluding hydrogens is 321 g/mol. The van der Waals surface area contributed by atoms with Gasteiger partial charge in [-0.25, -0.2) is 4.39 Å². The van der Waals surface area contributed by atoms with Gasteiger partial charge in [-0.3, -0.25) is 4.79 Å². The molecule has 0 fully saturated rings. The normalized spacial score (nSPS) is 12.0. The predicted molar refractivity (Wildman–Crippen MR) is 91.1 cm³/mol. The van der Waals surface area contributed by atoms with E-state index in [1.165, 1.54) is 12.1 Å². The maximum atomic E-state index is 12.9. The van der Waals surface area contributed by atoms with E-state index in [0.717, 1.165) is 16.7 Å². The van der Waals surface area contributed by atoms with Gasteiger partial charge in [0.25, 0.3) is 0 Å². The Hall–Kier alpha value is -3.02. The highest BCUT2D eigenvalue weighted by atomic mass is 19.1. The molecule has 128 valence electrons. The number of aromatic nitrogens is 2. The zero-order valence-corrected chi connectivity index (χ0v) is 14.0. The van der Waals surface area contributed by atoms with Crippen molar-refractivity contribution in [1.29, 1.82) is 0 Å². The third kappa shape index (κ3) is 4.29.